The molecule has 2 saturated heterocycles. The number of hydrogen-bond acceptors (Lipinski definition) is 5. The maximum Gasteiger partial charge on any atom is 0.337 e. The van der Waals surface area contributed by atoms with Crippen LogP contribution in [0.2, 0.25) is 0 Å². The van der Waals surface area contributed by atoms with E-state index < -0.39 is 41.3 Å². The molecule has 3 aromatic rings. The molecule has 1 aromatic heterocycles. The summed E-state index contributed by atoms with van der Waals surface area (Å²) in [6.45, 7) is 1.89. The van der Waals surface area contributed by atoms with Crippen LogP contribution < -0.4 is 0 Å². The molecular weight excluding hydrogens is 551 g/mol. The van der Waals surface area contributed by atoms with Crippen LogP contribution in [0.3, 0.4) is 0 Å². The van der Waals surface area contributed by atoms with E-state index in [0.29, 0.717) is 44.6 Å². The molecule has 0 spiro atoms. The number of H-pyrrole nitrogens is 1. The summed E-state index contributed by atoms with van der Waals surface area (Å²) < 4.78 is 45.4. The van der Waals surface area contributed by atoms with Gasteiger partial charge in [-0.15, -0.1) is 0 Å². The topological polar surface area (TPSA) is 103 Å². The summed E-state index contributed by atoms with van der Waals surface area (Å²) in [4.78, 5) is 43.9. The second kappa shape index (κ2) is 12.4. The van der Waals surface area contributed by atoms with Crippen molar-refractivity contribution in [3.63, 3.8) is 0 Å². The summed E-state index contributed by atoms with van der Waals surface area (Å²) in [5.41, 5.74) is 2.27. The molecular formula is C31H32F3N3O5. The van der Waals surface area contributed by atoms with Gasteiger partial charge in [-0.3, -0.25) is 14.5 Å². The zero-order valence-electron chi connectivity index (χ0n) is 23.1. The van der Waals surface area contributed by atoms with Gasteiger partial charge in [0.05, 0.1) is 12.7 Å². The molecule has 0 saturated carbocycles. The number of benzene rings is 2. The van der Waals surface area contributed by atoms with E-state index in [1.165, 1.54) is 7.11 Å². The highest BCUT2D eigenvalue weighted by Crippen LogP contribution is 2.36. The van der Waals surface area contributed by atoms with E-state index in [9.17, 15) is 32.7 Å². The van der Waals surface area contributed by atoms with Crippen molar-refractivity contribution in [1.29, 1.82) is 0 Å². The molecule has 2 aliphatic rings. The lowest BCUT2D eigenvalue weighted by atomic mass is 9.84. The molecule has 2 fully saturated rings. The van der Waals surface area contributed by atoms with Crippen molar-refractivity contribution in [2.24, 2.45) is 5.92 Å². The van der Waals surface area contributed by atoms with Gasteiger partial charge in [0.15, 0.2) is 17.5 Å². The highest BCUT2D eigenvalue weighted by Gasteiger charge is 2.38. The Labute approximate surface area is 240 Å². The molecule has 3 heterocycles. The number of nitrogens with one attached hydrogen (secondary N) is 1. The van der Waals surface area contributed by atoms with Crippen LogP contribution in [0.4, 0.5) is 13.2 Å². The number of methoxy groups -OCH3 is 1. The number of amides is 1. The van der Waals surface area contributed by atoms with Crippen LogP contribution in [-0.4, -0.2) is 77.1 Å². The number of piperidine rings is 2. The summed E-state index contributed by atoms with van der Waals surface area (Å²) >= 11 is 0. The minimum atomic E-state index is -1.59. The molecule has 1 unspecified atom stereocenters. The number of carbonyl (C=O) groups excluding carboxylic acids is 2. The number of ether oxygens (including phenoxy) is 1. The third-order valence-corrected chi connectivity index (χ3v) is 8.52. The lowest BCUT2D eigenvalue weighted by molar-refractivity contribution is -0.147. The summed E-state index contributed by atoms with van der Waals surface area (Å²) in [6.07, 6.45) is 6.71. The monoisotopic (exact) mass is 583 g/mol. The summed E-state index contributed by atoms with van der Waals surface area (Å²) in [6, 6.07) is 6.58. The van der Waals surface area contributed by atoms with E-state index in [0.717, 1.165) is 53.6 Å². The number of nitrogens with zero attached hydrogens (tertiary/aromatic N) is 2. The smallest absolute Gasteiger partial charge is 0.337 e. The number of aromatic nitrogens is 1. The second-order valence-electron chi connectivity index (χ2n) is 10.8. The summed E-state index contributed by atoms with van der Waals surface area (Å²) in [5.74, 6) is -5.88. The van der Waals surface area contributed by atoms with Gasteiger partial charge < -0.3 is 19.7 Å². The number of aliphatic carboxylic acids is 1. The number of aromatic amines is 1. The molecule has 11 heteroatoms. The second-order valence-corrected chi connectivity index (χ2v) is 10.8. The standard InChI is InChI=1S/C31H32F3N3O5/c1-42-31(41)21-3-6-25-22(16-21)23(17-35-25)18-8-14-37(15-9-18)29(30(39)40)20-10-12-36(13-11-20)26(38)7-4-19-2-5-24(32)28(34)27(19)33/h2-7,16-18,20,29,35H,8-15H2,1H3,(H,39,40). The quantitative estimate of drug-likeness (QED) is 0.232. The number of carbonyl (C=O) groups is 3. The Morgan fingerprint density at radius 2 is 1.71 bits per heavy atom. The SMILES string of the molecule is COC(=O)c1ccc2[nH]cc(C3CCN(C(C(=O)O)C4CCN(C(=O)C=Cc5ccc(F)c(F)c5F)CC4)CC3)c2c1. The predicted molar refractivity (Wildman–Crippen MR) is 149 cm³/mol. The van der Waals surface area contributed by atoms with Gasteiger partial charge in [0.2, 0.25) is 5.91 Å². The fourth-order valence-electron chi connectivity index (χ4n) is 6.24. The van der Waals surface area contributed by atoms with Gasteiger partial charge in [-0.2, -0.15) is 0 Å². The van der Waals surface area contributed by atoms with Gasteiger partial charge in [0.25, 0.3) is 0 Å². The van der Waals surface area contributed by atoms with Crippen molar-refractivity contribution < 1.29 is 37.4 Å². The maximum atomic E-state index is 13.9. The summed E-state index contributed by atoms with van der Waals surface area (Å²) in [7, 11) is 1.35. The molecule has 2 aromatic carbocycles. The van der Waals surface area contributed by atoms with Gasteiger partial charge in [-0.05, 0) is 92.6 Å². The van der Waals surface area contributed by atoms with Crippen LogP contribution in [0.15, 0.2) is 42.6 Å². The van der Waals surface area contributed by atoms with Gasteiger partial charge in [0, 0.05) is 41.8 Å². The Morgan fingerprint density at radius 3 is 2.38 bits per heavy atom. The lowest BCUT2D eigenvalue weighted by Crippen LogP contribution is -2.52. The molecule has 1 amide bonds. The van der Waals surface area contributed by atoms with Crippen molar-refractivity contribution in [1.82, 2.24) is 14.8 Å². The highest BCUT2D eigenvalue weighted by molar-refractivity contribution is 5.96. The number of rotatable bonds is 7. The number of carboxylic acid groups (broad SMARTS) is 1. The van der Waals surface area contributed by atoms with E-state index in [1.807, 2.05) is 23.2 Å². The van der Waals surface area contributed by atoms with Gasteiger partial charge >= 0.3 is 11.9 Å². The Balaban J connectivity index is 1.19. The predicted octanol–water partition coefficient (Wildman–Crippen LogP) is 4.96. The minimum Gasteiger partial charge on any atom is -0.480 e. The van der Waals surface area contributed by atoms with Crippen molar-refractivity contribution in [2.75, 3.05) is 33.3 Å². The Morgan fingerprint density at radius 1 is 1.00 bits per heavy atom. The van der Waals surface area contributed by atoms with Crippen LogP contribution >= 0.6 is 0 Å². The van der Waals surface area contributed by atoms with Crippen molar-refractivity contribution in [3.05, 3.63) is 76.7 Å². The normalized spacial score (nSPS) is 18.0. The largest absolute Gasteiger partial charge is 0.480 e. The number of hydrogen-bond donors (Lipinski definition) is 2. The molecule has 1 atom stereocenters. The number of esters is 1. The Hall–Kier alpha value is -4.12. The van der Waals surface area contributed by atoms with E-state index in [1.54, 1.807) is 11.0 Å². The molecule has 2 aliphatic heterocycles. The minimum absolute atomic E-state index is 0.147. The van der Waals surface area contributed by atoms with Crippen LogP contribution in [0.25, 0.3) is 17.0 Å². The molecule has 8 nitrogen and oxygen atoms in total. The van der Waals surface area contributed by atoms with Crippen LogP contribution in [0.1, 0.15) is 53.1 Å². The van der Waals surface area contributed by atoms with Crippen LogP contribution in [-0.2, 0) is 14.3 Å². The molecule has 5 rings (SSSR count). The molecule has 0 aliphatic carbocycles. The number of likely N-dealkylation sites (tertiary alicyclic amines) is 2. The number of fused-ring (bicyclic) bond motifs is 1. The number of halogens is 3. The first kappa shape index (κ1) is 29.4. The highest BCUT2D eigenvalue weighted by atomic mass is 19.2. The molecule has 42 heavy (non-hydrogen) atoms. The van der Waals surface area contributed by atoms with Crippen molar-refractivity contribution in [3.8, 4) is 0 Å². The first-order valence-electron chi connectivity index (χ1n) is 13.9. The first-order chi connectivity index (χ1) is 20.2. The molecule has 0 bridgehead atoms. The zero-order valence-corrected chi connectivity index (χ0v) is 23.1. The molecule has 2 N–H and O–H groups in total. The van der Waals surface area contributed by atoms with E-state index in [4.69, 9.17) is 4.74 Å². The fourth-order valence-corrected chi connectivity index (χ4v) is 6.24. The average Bonchev–Trinajstić information content (AvgIpc) is 3.43. The van der Waals surface area contributed by atoms with E-state index in [-0.39, 0.29) is 17.4 Å². The molecule has 0 radical (unpaired) electrons. The van der Waals surface area contributed by atoms with Gasteiger partial charge in [-0.1, -0.05) is 0 Å². The molecule has 222 valence electrons. The maximum absolute atomic E-state index is 13.9. The number of carboxylic acids is 1. The summed E-state index contributed by atoms with van der Waals surface area (Å²) in [5, 5.41) is 11.1. The van der Waals surface area contributed by atoms with Crippen LogP contribution in [0.5, 0.6) is 0 Å². The average molecular weight is 584 g/mol. The first-order valence-corrected chi connectivity index (χ1v) is 13.9. The van der Waals surface area contributed by atoms with E-state index >= 15 is 0 Å². The Kier molecular flexibility index (Phi) is 8.67. The fraction of sp³-hybridized carbons (Fsp3) is 0.387. The van der Waals surface area contributed by atoms with Gasteiger partial charge in [0.1, 0.15) is 6.04 Å². The van der Waals surface area contributed by atoms with Gasteiger partial charge in [-0.25, -0.2) is 18.0 Å². The van der Waals surface area contributed by atoms with Crippen molar-refractivity contribution in [2.45, 2.75) is 37.6 Å². The Bertz CT molecular complexity index is 1520. The third-order valence-electron chi connectivity index (χ3n) is 8.52. The van der Waals surface area contributed by atoms with Crippen LogP contribution in [0, 0.1) is 23.4 Å². The zero-order chi connectivity index (χ0) is 30.0. The van der Waals surface area contributed by atoms with E-state index in [2.05, 4.69) is 4.98 Å². The third kappa shape index (κ3) is 5.92. The lowest BCUT2D eigenvalue weighted by Gasteiger charge is -2.41. The van der Waals surface area contributed by atoms with Crippen molar-refractivity contribution >= 4 is 34.8 Å².